The first-order valence-corrected chi connectivity index (χ1v) is 10.7. The highest BCUT2D eigenvalue weighted by Crippen LogP contribution is 2.31. The van der Waals surface area contributed by atoms with E-state index in [1.807, 2.05) is 47.8 Å². The third-order valence-electron chi connectivity index (χ3n) is 4.80. The number of benzene rings is 2. The van der Waals surface area contributed by atoms with Crippen molar-refractivity contribution in [3.63, 3.8) is 0 Å². The summed E-state index contributed by atoms with van der Waals surface area (Å²) in [5.41, 5.74) is 2.24. The predicted octanol–water partition coefficient (Wildman–Crippen LogP) is 3.94. The Hall–Kier alpha value is -3.07. The molecule has 0 aromatic heterocycles. The number of nitrogens with one attached hydrogen (secondary N) is 2. The predicted molar refractivity (Wildman–Crippen MR) is 124 cm³/mol. The molecule has 4 N–H and O–H groups in total. The number of rotatable bonds is 7. The molecule has 4 rings (SSSR count). The molecule has 31 heavy (non-hydrogen) atoms. The fraction of sp³-hybridized carbons (Fsp3) is 0.136. The van der Waals surface area contributed by atoms with Gasteiger partial charge in [-0.15, -0.1) is 0 Å². The number of fused-ring (bicyclic) bond motifs is 1. The van der Waals surface area contributed by atoms with Crippen LogP contribution in [-0.4, -0.2) is 35.6 Å². The molecule has 1 atom stereocenters. The van der Waals surface area contributed by atoms with Crippen LogP contribution in [0.2, 0.25) is 5.02 Å². The number of nitrogens with zero attached hydrogens (tertiary/aromatic N) is 2. The molecule has 2 aromatic rings. The molecule has 0 saturated carbocycles. The molecule has 7 nitrogen and oxygen atoms in total. The van der Waals surface area contributed by atoms with E-state index in [-0.39, 0.29) is 12.1 Å². The number of nitrogens with two attached hydrogens (primary N) is 1. The van der Waals surface area contributed by atoms with E-state index in [4.69, 9.17) is 22.2 Å². The molecule has 0 saturated heterocycles. The lowest BCUT2D eigenvalue weighted by atomic mass is 10.1. The first kappa shape index (κ1) is 21.2. The Balaban J connectivity index is 1.35. The summed E-state index contributed by atoms with van der Waals surface area (Å²) in [4.78, 5) is 15.7. The number of hydrogen-bond acceptors (Lipinski definition) is 7. The number of hydrazine groups is 1. The molecule has 2 aliphatic rings. The van der Waals surface area contributed by atoms with Gasteiger partial charge in [-0.2, -0.15) is 0 Å². The van der Waals surface area contributed by atoms with Gasteiger partial charge < -0.3 is 19.7 Å². The van der Waals surface area contributed by atoms with Crippen molar-refractivity contribution in [3.8, 4) is 5.75 Å². The lowest BCUT2D eigenvalue weighted by Gasteiger charge is -2.25. The van der Waals surface area contributed by atoms with E-state index in [2.05, 4.69) is 10.0 Å². The first-order chi connectivity index (χ1) is 15.0. The van der Waals surface area contributed by atoms with Crippen molar-refractivity contribution >= 4 is 35.1 Å². The Kier molecular flexibility index (Phi) is 6.41. The number of hydrogen-bond donors (Lipinski definition) is 3. The van der Waals surface area contributed by atoms with E-state index < -0.39 is 0 Å². The second-order valence-corrected chi connectivity index (χ2v) is 8.26. The molecule has 1 unspecified atom stereocenters. The van der Waals surface area contributed by atoms with Crippen molar-refractivity contribution in [2.24, 2.45) is 5.84 Å². The fourth-order valence-corrected chi connectivity index (χ4v) is 4.03. The van der Waals surface area contributed by atoms with E-state index in [1.54, 1.807) is 37.4 Å². The Bertz CT molecular complexity index is 1050. The quantitative estimate of drug-likeness (QED) is 0.252. The van der Waals surface area contributed by atoms with Gasteiger partial charge in [0, 0.05) is 34.1 Å². The van der Waals surface area contributed by atoms with Crippen LogP contribution < -0.4 is 20.6 Å². The largest absolute Gasteiger partial charge is 0.495 e. The van der Waals surface area contributed by atoms with Crippen LogP contribution in [-0.2, 0) is 0 Å². The Morgan fingerprint density at radius 1 is 1.32 bits per heavy atom. The number of ether oxygens (including phenoxy) is 1. The van der Waals surface area contributed by atoms with Crippen LogP contribution in [0.3, 0.4) is 0 Å². The van der Waals surface area contributed by atoms with Gasteiger partial charge >= 0.3 is 0 Å². The molecule has 0 spiro atoms. The summed E-state index contributed by atoms with van der Waals surface area (Å²) >= 11 is 7.46. The number of carbonyl (C=O) groups is 1. The van der Waals surface area contributed by atoms with E-state index in [1.165, 1.54) is 17.0 Å². The lowest BCUT2D eigenvalue weighted by molar-refractivity contribution is 0.0770. The van der Waals surface area contributed by atoms with Gasteiger partial charge in [-0.25, -0.2) is 5.84 Å². The van der Waals surface area contributed by atoms with Crippen molar-refractivity contribution in [3.05, 3.63) is 89.4 Å². The number of methoxy groups -OCH3 is 1. The molecule has 9 heteroatoms. The number of anilines is 1. The highest BCUT2D eigenvalue weighted by atomic mass is 35.5. The minimum Gasteiger partial charge on any atom is -0.495 e. The number of carbonyl (C=O) groups excluding carboxylic acids is 1. The third-order valence-corrected chi connectivity index (χ3v) is 5.86. The standard InChI is InChI=1S/C22H22ClN5O2S/c1-30-20-8-5-17(23)12-19(20)26-31-18-6-3-16(4-7-18)22(29)28(24)14-15-2-9-21-25-10-11-27(21)13-15/h2-13,21,25-26H,14,24H2,1H3. The van der Waals surface area contributed by atoms with Crippen molar-refractivity contribution < 1.29 is 9.53 Å². The first-order valence-electron chi connectivity index (χ1n) is 9.55. The minimum atomic E-state index is -0.243. The maximum atomic E-state index is 12.7. The SMILES string of the molecule is COc1ccc(Cl)cc1NSc1ccc(C(=O)N(N)CC2=CN3C=CNC3C=C2)cc1. The van der Waals surface area contributed by atoms with Crippen LogP contribution in [0.4, 0.5) is 5.69 Å². The molecular formula is C22H22ClN5O2S. The van der Waals surface area contributed by atoms with Crippen LogP contribution in [0.25, 0.3) is 0 Å². The van der Waals surface area contributed by atoms with Gasteiger partial charge in [0.25, 0.3) is 5.91 Å². The second kappa shape index (κ2) is 9.38. The van der Waals surface area contributed by atoms with Gasteiger partial charge in [0.1, 0.15) is 11.9 Å². The van der Waals surface area contributed by atoms with E-state index in [9.17, 15) is 4.79 Å². The molecule has 2 heterocycles. The highest BCUT2D eigenvalue weighted by molar-refractivity contribution is 8.00. The fourth-order valence-electron chi connectivity index (χ4n) is 3.20. The van der Waals surface area contributed by atoms with Crippen molar-refractivity contribution in [2.45, 2.75) is 11.1 Å². The average molecular weight is 456 g/mol. The Morgan fingerprint density at radius 2 is 2.13 bits per heavy atom. The molecule has 1 amide bonds. The lowest BCUT2D eigenvalue weighted by Crippen LogP contribution is -2.40. The molecule has 0 bridgehead atoms. The third kappa shape index (κ3) is 4.99. The topological polar surface area (TPSA) is 82.9 Å². The van der Waals surface area contributed by atoms with Crippen LogP contribution in [0.15, 0.2) is 83.7 Å². The summed E-state index contributed by atoms with van der Waals surface area (Å²) in [6.07, 6.45) is 9.95. The summed E-state index contributed by atoms with van der Waals surface area (Å²) < 4.78 is 8.56. The van der Waals surface area contributed by atoms with Gasteiger partial charge in [-0.05, 0) is 66.1 Å². The molecule has 0 radical (unpaired) electrons. The van der Waals surface area contributed by atoms with Gasteiger partial charge in [-0.1, -0.05) is 17.7 Å². The zero-order valence-corrected chi connectivity index (χ0v) is 18.4. The van der Waals surface area contributed by atoms with Crippen molar-refractivity contribution in [1.82, 2.24) is 15.2 Å². The number of amides is 1. The van der Waals surface area contributed by atoms with Crippen molar-refractivity contribution in [2.75, 3.05) is 18.4 Å². The monoisotopic (exact) mass is 455 g/mol. The summed E-state index contributed by atoms with van der Waals surface area (Å²) in [5, 5.41) is 5.04. The zero-order chi connectivity index (χ0) is 21.8. The molecule has 2 aromatic carbocycles. The molecule has 0 fully saturated rings. The smallest absolute Gasteiger partial charge is 0.268 e. The van der Waals surface area contributed by atoms with Gasteiger partial charge in [-0.3, -0.25) is 9.80 Å². The zero-order valence-electron chi connectivity index (χ0n) is 16.8. The van der Waals surface area contributed by atoms with E-state index >= 15 is 0 Å². The van der Waals surface area contributed by atoms with Gasteiger partial charge in [0.05, 0.1) is 19.3 Å². The molecule has 160 valence electrons. The van der Waals surface area contributed by atoms with Crippen molar-refractivity contribution in [1.29, 1.82) is 0 Å². The maximum Gasteiger partial charge on any atom is 0.268 e. The minimum absolute atomic E-state index is 0.135. The van der Waals surface area contributed by atoms with Crippen LogP contribution in [0.5, 0.6) is 5.75 Å². The van der Waals surface area contributed by atoms with Crippen LogP contribution in [0.1, 0.15) is 10.4 Å². The molecule has 0 aliphatic carbocycles. The Labute approximate surface area is 190 Å². The summed E-state index contributed by atoms with van der Waals surface area (Å²) in [7, 11) is 1.61. The van der Waals surface area contributed by atoms with Gasteiger partial charge in [0.15, 0.2) is 0 Å². The van der Waals surface area contributed by atoms with Crippen LogP contribution in [0, 0.1) is 0 Å². The molecule has 2 aliphatic heterocycles. The normalized spacial score (nSPS) is 16.4. The summed E-state index contributed by atoms with van der Waals surface area (Å²) in [6, 6.07) is 12.6. The number of halogens is 1. The average Bonchev–Trinajstić information content (AvgIpc) is 3.25. The van der Waals surface area contributed by atoms with E-state index in [0.717, 1.165) is 16.2 Å². The molecular weight excluding hydrogens is 434 g/mol. The van der Waals surface area contributed by atoms with E-state index in [0.29, 0.717) is 22.9 Å². The second-order valence-electron chi connectivity index (χ2n) is 6.94. The highest BCUT2D eigenvalue weighted by Gasteiger charge is 2.20. The maximum absolute atomic E-state index is 12.7. The summed E-state index contributed by atoms with van der Waals surface area (Å²) in [6.45, 7) is 0.318. The summed E-state index contributed by atoms with van der Waals surface area (Å²) in [5.74, 6) is 6.50. The van der Waals surface area contributed by atoms with Crippen LogP contribution >= 0.6 is 23.5 Å². The van der Waals surface area contributed by atoms with Gasteiger partial charge in [0.2, 0.25) is 0 Å². The Morgan fingerprint density at radius 3 is 2.90 bits per heavy atom.